The molecular formula is C13H22N4O2S. The Balaban J connectivity index is 1.97. The first-order valence-corrected chi connectivity index (χ1v) is 8.74. The van der Waals surface area contributed by atoms with E-state index in [2.05, 4.69) is 15.3 Å². The molecule has 2 heterocycles. The van der Waals surface area contributed by atoms with Crippen molar-refractivity contribution in [2.75, 3.05) is 19.6 Å². The van der Waals surface area contributed by atoms with E-state index in [9.17, 15) is 8.42 Å². The number of aromatic amines is 1. The van der Waals surface area contributed by atoms with Crippen LogP contribution in [0.4, 0.5) is 0 Å². The minimum Gasteiger partial charge on any atom is -0.332 e. The Morgan fingerprint density at radius 3 is 2.70 bits per heavy atom. The van der Waals surface area contributed by atoms with E-state index < -0.39 is 10.0 Å². The minimum absolute atomic E-state index is 0.224. The molecule has 1 saturated heterocycles. The third-order valence-electron chi connectivity index (χ3n) is 4.51. The maximum Gasteiger partial charge on any atom is 0.260 e. The third-order valence-corrected chi connectivity index (χ3v) is 6.42. The van der Waals surface area contributed by atoms with Gasteiger partial charge in [0, 0.05) is 25.2 Å². The van der Waals surface area contributed by atoms with Gasteiger partial charge in [0.25, 0.3) is 10.0 Å². The fourth-order valence-electron chi connectivity index (χ4n) is 3.49. The second kappa shape index (κ2) is 5.13. The van der Waals surface area contributed by atoms with E-state index in [1.54, 1.807) is 11.2 Å². The van der Waals surface area contributed by atoms with Crippen molar-refractivity contribution in [1.82, 2.24) is 19.6 Å². The van der Waals surface area contributed by atoms with Crippen LogP contribution in [-0.4, -0.2) is 47.9 Å². The average molecular weight is 298 g/mol. The molecule has 0 radical (unpaired) electrons. The monoisotopic (exact) mass is 298 g/mol. The molecule has 3 rings (SSSR count). The Bertz CT molecular complexity index is 567. The van der Waals surface area contributed by atoms with E-state index >= 15 is 0 Å². The molecule has 0 unspecified atom stereocenters. The van der Waals surface area contributed by atoms with Gasteiger partial charge in [-0.05, 0) is 19.8 Å². The highest BCUT2D eigenvalue weighted by Crippen LogP contribution is 2.37. The molecule has 1 aromatic heterocycles. The van der Waals surface area contributed by atoms with Gasteiger partial charge in [-0.1, -0.05) is 19.3 Å². The summed E-state index contributed by atoms with van der Waals surface area (Å²) in [6.07, 6.45) is 6.76. The topological polar surface area (TPSA) is 78.1 Å². The van der Waals surface area contributed by atoms with E-state index in [-0.39, 0.29) is 10.6 Å². The minimum atomic E-state index is -3.47. The Morgan fingerprint density at radius 2 is 2.05 bits per heavy atom. The van der Waals surface area contributed by atoms with Crippen molar-refractivity contribution in [1.29, 1.82) is 0 Å². The van der Waals surface area contributed by atoms with Crippen molar-refractivity contribution >= 4 is 10.0 Å². The summed E-state index contributed by atoms with van der Waals surface area (Å²) in [6.45, 7) is 3.79. The van der Waals surface area contributed by atoms with Gasteiger partial charge in [0.15, 0.2) is 5.03 Å². The van der Waals surface area contributed by atoms with E-state index in [0.29, 0.717) is 18.9 Å². The molecular weight excluding hydrogens is 276 g/mol. The Morgan fingerprint density at radius 1 is 1.30 bits per heavy atom. The fraction of sp³-hybridized carbons (Fsp3) is 0.769. The number of sulfonamides is 1. The van der Waals surface area contributed by atoms with Gasteiger partial charge < -0.3 is 10.3 Å². The summed E-state index contributed by atoms with van der Waals surface area (Å²) in [5.41, 5.74) is -0.242. The average Bonchev–Trinajstić information content (AvgIpc) is 2.87. The number of piperazine rings is 1. The van der Waals surface area contributed by atoms with E-state index in [0.717, 1.165) is 32.2 Å². The van der Waals surface area contributed by atoms with Gasteiger partial charge in [0.1, 0.15) is 5.82 Å². The first kappa shape index (κ1) is 14.0. The van der Waals surface area contributed by atoms with E-state index in [1.165, 1.54) is 12.6 Å². The smallest absolute Gasteiger partial charge is 0.260 e. The van der Waals surface area contributed by atoms with Crippen LogP contribution in [0.3, 0.4) is 0 Å². The van der Waals surface area contributed by atoms with Crippen LogP contribution in [0.25, 0.3) is 0 Å². The lowest BCUT2D eigenvalue weighted by molar-refractivity contribution is 0.101. The summed E-state index contributed by atoms with van der Waals surface area (Å²) in [6, 6.07) is 0. The van der Waals surface area contributed by atoms with Crippen molar-refractivity contribution in [3.8, 4) is 0 Å². The van der Waals surface area contributed by atoms with Crippen LogP contribution in [0, 0.1) is 6.92 Å². The molecule has 6 nitrogen and oxygen atoms in total. The molecule has 2 aliphatic rings. The van der Waals surface area contributed by atoms with Crippen molar-refractivity contribution < 1.29 is 8.42 Å². The lowest BCUT2D eigenvalue weighted by Crippen LogP contribution is -2.63. The number of H-pyrrole nitrogens is 1. The SMILES string of the molecule is Cc1ncc(S(=O)(=O)N2CCNCC23CCCCC3)[nH]1. The summed E-state index contributed by atoms with van der Waals surface area (Å²) in [7, 11) is -3.47. The van der Waals surface area contributed by atoms with Crippen LogP contribution < -0.4 is 5.32 Å². The van der Waals surface area contributed by atoms with Crippen LogP contribution in [0.15, 0.2) is 11.2 Å². The quantitative estimate of drug-likeness (QED) is 0.854. The van der Waals surface area contributed by atoms with Gasteiger partial charge in [-0.2, -0.15) is 4.31 Å². The Labute approximate surface area is 120 Å². The molecule has 7 heteroatoms. The number of aryl methyl sites for hydroxylation is 1. The highest BCUT2D eigenvalue weighted by Gasteiger charge is 2.46. The number of hydrogen-bond acceptors (Lipinski definition) is 4. The van der Waals surface area contributed by atoms with Gasteiger partial charge in [-0.15, -0.1) is 0 Å². The zero-order valence-electron chi connectivity index (χ0n) is 11.9. The highest BCUT2D eigenvalue weighted by molar-refractivity contribution is 7.89. The molecule has 112 valence electrons. The Kier molecular flexibility index (Phi) is 3.60. The van der Waals surface area contributed by atoms with E-state index in [1.807, 2.05) is 0 Å². The summed E-state index contributed by atoms with van der Waals surface area (Å²) < 4.78 is 27.5. The number of aromatic nitrogens is 2. The maximum absolute atomic E-state index is 12.9. The number of rotatable bonds is 2. The molecule has 0 bridgehead atoms. The van der Waals surface area contributed by atoms with Crippen LogP contribution in [0.1, 0.15) is 37.9 Å². The maximum atomic E-state index is 12.9. The molecule has 1 aromatic rings. The van der Waals surface area contributed by atoms with Gasteiger partial charge in [-0.25, -0.2) is 13.4 Å². The predicted molar refractivity (Wildman–Crippen MR) is 75.9 cm³/mol. The largest absolute Gasteiger partial charge is 0.332 e. The zero-order valence-corrected chi connectivity index (χ0v) is 12.7. The summed E-state index contributed by atoms with van der Waals surface area (Å²) in [5.74, 6) is 0.636. The van der Waals surface area contributed by atoms with Crippen LogP contribution in [-0.2, 0) is 10.0 Å². The molecule has 1 aliphatic carbocycles. The normalized spacial score (nSPS) is 24.1. The van der Waals surface area contributed by atoms with Crippen LogP contribution >= 0.6 is 0 Å². The molecule has 2 N–H and O–H groups in total. The molecule has 0 atom stereocenters. The predicted octanol–water partition coefficient (Wildman–Crippen LogP) is 1.01. The van der Waals surface area contributed by atoms with Crippen LogP contribution in [0.2, 0.25) is 0 Å². The first-order chi connectivity index (χ1) is 9.55. The summed E-state index contributed by atoms with van der Waals surface area (Å²) in [5, 5.41) is 3.60. The van der Waals surface area contributed by atoms with Crippen LogP contribution in [0.5, 0.6) is 0 Å². The van der Waals surface area contributed by atoms with Gasteiger partial charge >= 0.3 is 0 Å². The lowest BCUT2D eigenvalue weighted by atomic mass is 9.80. The van der Waals surface area contributed by atoms with Gasteiger partial charge in [-0.3, -0.25) is 0 Å². The number of nitrogens with zero attached hydrogens (tertiary/aromatic N) is 2. The van der Waals surface area contributed by atoms with Crippen molar-refractivity contribution in [2.24, 2.45) is 0 Å². The molecule has 20 heavy (non-hydrogen) atoms. The molecule has 2 fully saturated rings. The fourth-order valence-corrected chi connectivity index (χ4v) is 5.27. The standard InChI is InChI=1S/C13H22N4O2S/c1-11-15-9-12(16-11)20(18,19)17-8-7-14-10-13(17)5-3-2-4-6-13/h9,14H,2-8,10H2,1H3,(H,15,16). The molecule has 0 aromatic carbocycles. The number of nitrogens with one attached hydrogen (secondary N) is 2. The number of hydrogen-bond donors (Lipinski definition) is 2. The molecule has 1 saturated carbocycles. The Hall–Kier alpha value is -0.920. The summed E-state index contributed by atoms with van der Waals surface area (Å²) in [4.78, 5) is 6.91. The van der Waals surface area contributed by atoms with Gasteiger partial charge in [0.2, 0.25) is 0 Å². The second-order valence-electron chi connectivity index (χ2n) is 5.87. The lowest BCUT2D eigenvalue weighted by Gasteiger charge is -2.48. The zero-order chi connectivity index (χ0) is 14.2. The molecule has 1 spiro atoms. The highest BCUT2D eigenvalue weighted by atomic mass is 32.2. The van der Waals surface area contributed by atoms with Crippen molar-refractivity contribution in [2.45, 2.75) is 49.6 Å². The van der Waals surface area contributed by atoms with E-state index in [4.69, 9.17) is 0 Å². The summed E-state index contributed by atoms with van der Waals surface area (Å²) >= 11 is 0. The second-order valence-corrected chi connectivity index (χ2v) is 7.70. The first-order valence-electron chi connectivity index (χ1n) is 7.30. The van der Waals surface area contributed by atoms with Crippen molar-refractivity contribution in [3.05, 3.63) is 12.0 Å². The number of imidazole rings is 1. The molecule has 1 aliphatic heterocycles. The molecule has 0 amide bonds. The third kappa shape index (κ3) is 2.27. The van der Waals surface area contributed by atoms with Gasteiger partial charge in [0.05, 0.1) is 6.20 Å². The van der Waals surface area contributed by atoms with Crippen molar-refractivity contribution in [3.63, 3.8) is 0 Å².